The average Bonchev–Trinajstić information content (AvgIpc) is 3.49. The summed E-state index contributed by atoms with van der Waals surface area (Å²) in [7, 11) is -4.41. The number of ether oxygens (including phenoxy) is 2. The van der Waals surface area contributed by atoms with Gasteiger partial charge in [0, 0.05) is 19.4 Å². The summed E-state index contributed by atoms with van der Waals surface area (Å²) in [6.07, 6.45) is 93.4. The fourth-order valence-electron chi connectivity index (χ4n) is 9.64. The molecule has 83 heavy (non-hydrogen) atoms. The molecular weight excluding hydrogens is 1050 g/mol. The molecule has 9 nitrogen and oxygen atoms in total. The molecule has 0 spiro atoms. The maximum atomic E-state index is 12.7. The first-order valence-corrected chi connectivity index (χ1v) is 35.9. The standard InChI is InChI=1S/C73H128NO8P/c1-3-5-7-9-11-13-15-17-19-21-23-25-27-29-31-33-34-35-36-38-39-41-43-45-47-49-51-53-55-57-59-61-63-65-72(75)79-69-71(70-81-83(77,78)80-68-67-74)82-73(76)66-64-62-60-58-56-54-52-50-48-46-44-42-40-37-32-30-28-26-24-22-20-18-16-14-12-10-8-6-4-2/h6,8,12,14,18,20,24,26,30,32,40,42,46,48,52,54,58,60,71H,3-5,7,9-11,13,15-17,19,21-23,25,27-29,31,33-39,41,43-45,47,49-51,53,55-57,59,61-70,74H2,1-2H3,(H,77,78)/b8-6-,14-12-,20-18-,26-24-,32-30-,42-40-,48-46-,54-52-,60-58-. The summed E-state index contributed by atoms with van der Waals surface area (Å²) >= 11 is 0. The van der Waals surface area contributed by atoms with Crippen LogP contribution >= 0.6 is 7.82 Å². The van der Waals surface area contributed by atoms with Crippen molar-refractivity contribution in [1.82, 2.24) is 0 Å². The van der Waals surface area contributed by atoms with Crippen LogP contribution < -0.4 is 5.73 Å². The van der Waals surface area contributed by atoms with Gasteiger partial charge in [0.15, 0.2) is 6.10 Å². The Kier molecular flexibility index (Phi) is 65.1. The molecule has 0 bridgehead atoms. The van der Waals surface area contributed by atoms with Crippen molar-refractivity contribution in [2.45, 2.75) is 315 Å². The van der Waals surface area contributed by atoms with Gasteiger partial charge in [0.2, 0.25) is 0 Å². The van der Waals surface area contributed by atoms with E-state index in [1.807, 2.05) is 6.08 Å². The second kappa shape index (κ2) is 67.8. The maximum absolute atomic E-state index is 12.7. The first-order valence-electron chi connectivity index (χ1n) is 34.4. The molecule has 0 radical (unpaired) electrons. The minimum Gasteiger partial charge on any atom is -0.462 e. The Labute approximate surface area is 511 Å². The summed E-state index contributed by atoms with van der Waals surface area (Å²) < 4.78 is 33.1. The SMILES string of the molecule is CC/C=C\C/C=C\C/C=C\C/C=C\C/C=C\C/C=C\C/C=C\C/C=C\C/C=C\CCCC(=O)OC(COC(=O)CCCCCCCCCCCCCCCCCCCCCCCCCCCCCCCCCCC)COP(=O)(O)OCCN. The number of hydrogen-bond donors (Lipinski definition) is 2. The summed E-state index contributed by atoms with van der Waals surface area (Å²) in [5.74, 6) is -0.893. The maximum Gasteiger partial charge on any atom is 0.472 e. The van der Waals surface area contributed by atoms with E-state index in [1.165, 1.54) is 193 Å². The van der Waals surface area contributed by atoms with E-state index in [0.717, 1.165) is 77.0 Å². The van der Waals surface area contributed by atoms with E-state index in [-0.39, 0.29) is 32.6 Å². The number of hydrogen-bond acceptors (Lipinski definition) is 8. The van der Waals surface area contributed by atoms with Gasteiger partial charge in [0.1, 0.15) is 6.61 Å². The normalized spacial score (nSPS) is 13.6. The second-order valence-electron chi connectivity index (χ2n) is 22.7. The van der Waals surface area contributed by atoms with E-state index in [2.05, 4.69) is 117 Å². The van der Waals surface area contributed by atoms with Crippen molar-refractivity contribution in [1.29, 1.82) is 0 Å². The fraction of sp³-hybridized carbons (Fsp3) is 0.726. The topological polar surface area (TPSA) is 134 Å². The Morgan fingerprint density at radius 1 is 0.373 bits per heavy atom. The van der Waals surface area contributed by atoms with Crippen LogP contribution in [-0.2, 0) is 32.7 Å². The molecule has 0 aliphatic heterocycles. The Balaban J connectivity index is 3.96. The van der Waals surface area contributed by atoms with Crippen LogP contribution in [0.25, 0.3) is 0 Å². The number of phosphoric acid groups is 1. The fourth-order valence-corrected chi connectivity index (χ4v) is 10.4. The predicted molar refractivity (Wildman–Crippen MR) is 358 cm³/mol. The Morgan fingerprint density at radius 3 is 0.976 bits per heavy atom. The third-order valence-electron chi connectivity index (χ3n) is 14.7. The molecule has 0 heterocycles. The molecule has 0 saturated heterocycles. The van der Waals surface area contributed by atoms with Crippen LogP contribution in [0.1, 0.15) is 309 Å². The Morgan fingerprint density at radius 2 is 0.663 bits per heavy atom. The first-order chi connectivity index (χ1) is 40.8. The highest BCUT2D eigenvalue weighted by molar-refractivity contribution is 7.47. The Hall–Kier alpha value is -3.33. The molecule has 0 aliphatic rings. The molecular formula is C73H128NO8P. The summed E-state index contributed by atoms with van der Waals surface area (Å²) in [5.41, 5.74) is 5.39. The first kappa shape index (κ1) is 79.7. The molecule has 0 fully saturated rings. The highest BCUT2D eigenvalue weighted by atomic mass is 31.2. The minimum absolute atomic E-state index is 0.0398. The lowest BCUT2D eigenvalue weighted by atomic mass is 10.0. The molecule has 0 aromatic heterocycles. The number of allylic oxidation sites excluding steroid dienone is 18. The van der Waals surface area contributed by atoms with Crippen molar-refractivity contribution in [3.05, 3.63) is 109 Å². The van der Waals surface area contributed by atoms with Crippen LogP contribution in [0, 0.1) is 0 Å². The van der Waals surface area contributed by atoms with Gasteiger partial charge in [-0.05, 0) is 77.0 Å². The zero-order valence-corrected chi connectivity index (χ0v) is 54.5. The predicted octanol–water partition coefficient (Wildman–Crippen LogP) is 22.5. The number of esters is 2. The third kappa shape index (κ3) is 67.7. The molecule has 0 saturated carbocycles. The number of rotatable bonds is 64. The lowest BCUT2D eigenvalue weighted by molar-refractivity contribution is -0.161. The molecule has 0 amide bonds. The van der Waals surface area contributed by atoms with Crippen molar-refractivity contribution < 1.29 is 37.6 Å². The lowest BCUT2D eigenvalue weighted by Gasteiger charge is -2.19. The number of carbonyl (C=O) groups is 2. The summed E-state index contributed by atoms with van der Waals surface area (Å²) in [6, 6.07) is 0. The monoisotopic (exact) mass is 1180 g/mol. The van der Waals surface area contributed by atoms with Crippen molar-refractivity contribution in [3.63, 3.8) is 0 Å². The average molecular weight is 1180 g/mol. The van der Waals surface area contributed by atoms with Crippen molar-refractivity contribution >= 4 is 19.8 Å². The van der Waals surface area contributed by atoms with Crippen molar-refractivity contribution in [3.8, 4) is 0 Å². The third-order valence-corrected chi connectivity index (χ3v) is 15.7. The number of phosphoric ester groups is 1. The number of unbranched alkanes of at least 4 members (excludes halogenated alkanes) is 33. The molecule has 3 N–H and O–H groups in total. The van der Waals surface area contributed by atoms with Gasteiger partial charge < -0.3 is 20.1 Å². The van der Waals surface area contributed by atoms with Crippen LogP contribution in [0.5, 0.6) is 0 Å². The van der Waals surface area contributed by atoms with Gasteiger partial charge in [-0.2, -0.15) is 0 Å². The zero-order valence-electron chi connectivity index (χ0n) is 53.7. The lowest BCUT2D eigenvalue weighted by Crippen LogP contribution is -2.29. The van der Waals surface area contributed by atoms with Crippen molar-refractivity contribution in [2.75, 3.05) is 26.4 Å². The largest absolute Gasteiger partial charge is 0.472 e. The molecule has 2 atom stereocenters. The van der Waals surface area contributed by atoms with Crippen LogP contribution in [0.15, 0.2) is 109 Å². The summed E-state index contributed by atoms with van der Waals surface area (Å²) in [6.45, 7) is 3.59. The van der Waals surface area contributed by atoms with E-state index in [1.54, 1.807) is 0 Å². The molecule has 0 aromatic carbocycles. The molecule has 478 valence electrons. The van der Waals surface area contributed by atoms with E-state index in [0.29, 0.717) is 12.8 Å². The molecule has 10 heteroatoms. The number of carbonyl (C=O) groups excluding carboxylic acids is 2. The van der Waals surface area contributed by atoms with Gasteiger partial charge in [-0.1, -0.05) is 329 Å². The van der Waals surface area contributed by atoms with E-state index in [4.69, 9.17) is 24.3 Å². The Bertz CT molecular complexity index is 1730. The minimum atomic E-state index is -4.41. The quantitative estimate of drug-likeness (QED) is 0.0264. The summed E-state index contributed by atoms with van der Waals surface area (Å²) in [5, 5.41) is 0. The highest BCUT2D eigenvalue weighted by Crippen LogP contribution is 2.43. The van der Waals surface area contributed by atoms with E-state index < -0.39 is 32.5 Å². The van der Waals surface area contributed by atoms with Gasteiger partial charge in [-0.15, -0.1) is 0 Å². The van der Waals surface area contributed by atoms with Crippen molar-refractivity contribution in [2.24, 2.45) is 5.73 Å². The highest BCUT2D eigenvalue weighted by Gasteiger charge is 2.26. The van der Waals surface area contributed by atoms with Gasteiger partial charge in [-0.3, -0.25) is 18.6 Å². The summed E-state index contributed by atoms with van der Waals surface area (Å²) in [4.78, 5) is 35.3. The smallest absolute Gasteiger partial charge is 0.462 e. The van der Waals surface area contributed by atoms with Gasteiger partial charge in [0.05, 0.1) is 13.2 Å². The molecule has 0 rings (SSSR count). The van der Waals surface area contributed by atoms with Crippen LogP contribution in [0.3, 0.4) is 0 Å². The van der Waals surface area contributed by atoms with E-state index in [9.17, 15) is 19.0 Å². The van der Waals surface area contributed by atoms with Crippen LogP contribution in [-0.4, -0.2) is 49.3 Å². The number of nitrogens with two attached hydrogens (primary N) is 1. The van der Waals surface area contributed by atoms with Gasteiger partial charge >= 0.3 is 19.8 Å². The molecule has 0 aromatic rings. The van der Waals surface area contributed by atoms with E-state index >= 15 is 0 Å². The zero-order chi connectivity index (χ0) is 60.1. The molecule has 2 unspecified atom stereocenters. The van der Waals surface area contributed by atoms with Gasteiger partial charge in [0.25, 0.3) is 0 Å². The second-order valence-corrected chi connectivity index (χ2v) is 24.1. The van der Waals surface area contributed by atoms with Gasteiger partial charge in [-0.25, -0.2) is 4.57 Å². The van der Waals surface area contributed by atoms with Crippen LogP contribution in [0.2, 0.25) is 0 Å². The van der Waals surface area contributed by atoms with Crippen LogP contribution in [0.4, 0.5) is 0 Å². The molecule has 0 aliphatic carbocycles.